The molecule has 2 heterocycles. The SMILES string of the molecule is C=CCOc1c(Br)cc([C@@H](c2c[nH]c3ccccc23)C2C(=O)OC(C)(C)OC2=O)cc1Br. The Morgan fingerprint density at radius 1 is 1.16 bits per heavy atom. The van der Waals surface area contributed by atoms with Crippen molar-refractivity contribution in [3.05, 3.63) is 75.3 Å². The number of fused-ring (bicyclic) bond motifs is 1. The van der Waals surface area contributed by atoms with Crippen LogP contribution in [0.4, 0.5) is 0 Å². The highest BCUT2D eigenvalue weighted by Crippen LogP contribution is 2.44. The molecule has 32 heavy (non-hydrogen) atoms. The number of nitrogens with one attached hydrogen (secondary N) is 1. The maximum Gasteiger partial charge on any atom is 0.324 e. The zero-order chi connectivity index (χ0) is 23.0. The summed E-state index contributed by atoms with van der Waals surface area (Å²) in [7, 11) is 0. The number of esters is 2. The molecule has 1 atom stereocenters. The van der Waals surface area contributed by atoms with Crippen LogP contribution in [0.25, 0.3) is 10.9 Å². The largest absolute Gasteiger partial charge is 0.487 e. The van der Waals surface area contributed by atoms with E-state index in [-0.39, 0.29) is 0 Å². The van der Waals surface area contributed by atoms with Gasteiger partial charge in [-0.3, -0.25) is 9.59 Å². The van der Waals surface area contributed by atoms with Gasteiger partial charge in [0.05, 0.1) is 8.95 Å². The molecule has 1 saturated heterocycles. The summed E-state index contributed by atoms with van der Waals surface area (Å²) >= 11 is 7.10. The van der Waals surface area contributed by atoms with E-state index < -0.39 is 29.6 Å². The van der Waals surface area contributed by atoms with Gasteiger partial charge in [0, 0.05) is 36.9 Å². The standard InChI is InChI=1S/C24H21Br2NO5/c1-4-9-30-21-16(25)10-13(11-17(21)26)19(15-12-27-18-8-6-5-7-14(15)18)20-22(28)31-24(2,3)32-23(20)29/h4-8,10-12,19-20,27H,1,9H2,2-3H3/t19-/m0/s1. The topological polar surface area (TPSA) is 77.6 Å². The minimum atomic E-state index is -1.31. The Morgan fingerprint density at radius 3 is 2.41 bits per heavy atom. The Hall–Kier alpha value is -2.58. The number of benzene rings is 2. The number of aromatic nitrogens is 1. The highest BCUT2D eigenvalue weighted by atomic mass is 79.9. The molecule has 1 fully saturated rings. The second-order valence-corrected chi connectivity index (χ2v) is 9.61. The lowest BCUT2D eigenvalue weighted by atomic mass is 9.80. The van der Waals surface area contributed by atoms with Gasteiger partial charge < -0.3 is 19.2 Å². The molecule has 0 bridgehead atoms. The smallest absolute Gasteiger partial charge is 0.324 e. The van der Waals surface area contributed by atoms with Crippen molar-refractivity contribution in [2.45, 2.75) is 25.6 Å². The Kier molecular flexibility index (Phi) is 6.18. The van der Waals surface area contributed by atoms with E-state index in [1.165, 1.54) is 0 Å². The number of aromatic amines is 1. The summed E-state index contributed by atoms with van der Waals surface area (Å²) in [6.45, 7) is 7.08. The number of rotatable bonds is 6. The molecular weight excluding hydrogens is 542 g/mol. The maximum atomic E-state index is 13.1. The third kappa shape index (κ3) is 4.21. The molecule has 0 radical (unpaired) electrons. The highest BCUT2D eigenvalue weighted by Gasteiger charge is 2.48. The number of carbonyl (C=O) groups is 2. The summed E-state index contributed by atoms with van der Waals surface area (Å²) in [6.07, 6.45) is 3.47. The van der Waals surface area contributed by atoms with Crippen molar-refractivity contribution in [1.82, 2.24) is 4.98 Å². The average molecular weight is 563 g/mol. The molecule has 8 heteroatoms. The van der Waals surface area contributed by atoms with Gasteiger partial charge in [-0.05, 0) is 61.2 Å². The van der Waals surface area contributed by atoms with Gasteiger partial charge in [-0.25, -0.2) is 0 Å². The number of halogens is 2. The van der Waals surface area contributed by atoms with E-state index in [4.69, 9.17) is 14.2 Å². The van der Waals surface area contributed by atoms with Gasteiger partial charge in [-0.2, -0.15) is 0 Å². The van der Waals surface area contributed by atoms with Crippen LogP contribution in [-0.4, -0.2) is 29.3 Å². The lowest BCUT2D eigenvalue weighted by Gasteiger charge is -2.36. The minimum Gasteiger partial charge on any atom is -0.487 e. The predicted molar refractivity (Wildman–Crippen MR) is 127 cm³/mol. The zero-order valence-corrected chi connectivity index (χ0v) is 20.7. The van der Waals surface area contributed by atoms with Crippen LogP contribution in [0, 0.1) is 5.92 Å². The van der Waals surface area contributed by atoms with E-state index in [9.17, 15) is 9.59 Å². The third-order valence-electron chi connectivity index (χ3n) is 5.22. The Balaban J connectivity index is 1.88. The van der Waals surface area contributed by atoms with Crippen molar-refractivity contribution in [2.24, 2.45) is 5.92 Å². The molecule has 0 spiro atoms. The van der Waals surface area contributed by atoms with E-state index in [0.29, 0.717) is 21.3 Å². The monoisotopic (exact) mass is 561 g/mol. The fourth-order valence-corrected chi connectivity index (χ4v) is 5.39. The summed E-state index contributed by atoms with van der Waals surface area (Å²) in [4.78, 5) is 29.3. The normalized spacial score (nSPS) is 17.0. The predicted octanol–water partition coefficient (Wildman–Crippen LogP) is 5.84. The van der Waals surface area contributed by atoms with Crippen molar-refractivity contribution >= 4 is 54.7 Å². The fraction of sp³-hybridized carbons (Fsp3) is 0.250. The lowest BCUT2D eigenvalue weighted by Crippen LogP contribution is -2.48. The van der Waals surface area contributed by atoms with Crippen LogP contribution in [-0.2, 0) is 19.1 Å². The van der Waals surface area contributed by atoms with Crippen molar-refractivity contribution in [3.8, 4) is 5.75 Å². The number of H-pyrrole nitrogens is 1. The van der Waals surface area contributed by atoms with Gasteiger partial charge >= 0.3 is 11.9 Å². The maximum absolute atomic E-state index is 13.1. The molecule has 1 aliphatic rings. The van der Waals surface area contributed by atoms with Crippen molar-refractivity contribution < 1.29 is 23.8 Å². The molecule has 4 rings (SSSR count). The van der Waals surface area contributed by atoms with Crippen molar-refractivity contribution in [2.75, 3.05) is 6.61 Å². The van der Waals surface area contributed by atoms with Crippen molar-refractivity contribution in [1.29, 1.82) is 0 Å². The van der Waals surface area contributed by atoms with Crippen LogP contribution in [0.2, 0.25) is 0 Å². The zero-order valence-electron chi connectivity index (χ0n) is 17.5. The van der Waals surface area contributed by atoms with Gasteiger partial charge in [0.25, 0.3) is 5.79 Å². The van der Waals surface area contributed by atoms with Crippen LogP contribution >= 0.6 is 31.9 Å². The fourth-order valence-electron chi connectivity index (χ4n) is 3.94. The van der Waals surface area contributed by atoms with Gasteiger partial charge in [0.15, 0.2) is 5.92 Å². The van der Waals surface area contributed by atoms with E-state index in [1.807, 2.05) is 42.6 Å². The van der Waals surface area contributed by atoms with Crippen LogP contribution in [0.1, 0.15) is 30.9 Å². The number of ether oxygens (including phenoxy) is 3. The summed E-state index contributed by atoms with van der Waals surface area (Å²) in [5, 5.41) is 0.905. The van der Waals surface area contributed by atoms with Crippen LogP contribution < -0.4 is 4.74 Å². The van der Waals surface area contributed by atoms with Gasteiger partial charge in [-0.1, -0.05) is 30.9 Å². The molecule has 2 aromatic carbocycles. The number of para-hydroxylation sites is 1. The molecule has 166 valence electrons. The first-order chi connectivity index (χ1) is 15.2. The molecule has 6 nitrogen and oxygen atoms in total. The van der Waals surface area contributed by atoms with E-state index in [1.54, 1.807) is 19.9 Å². The first-order valence-electron chi connectivity index (χ1n) is 9.96. The average Bonchev–Trinajstić information content (AvgIpc) is 3.13. The molecule has 0 amide bonds. The van der Waals surface area contributed by atoms with Gasteiger partial charge in [0.2, 0.25) is 0 Å². The molecule has 1 aliphatic heterocycles. The second kappa shape index (κ2) is 8.75. The van der Waals surface area contributed by atoms with E-state index in [0.717, 1.165) is 22.0 Å². The molecule has 0 saturated carbocycles. The van der Waals surface area contributed by atoms with Crippen LogP contribution in [0.15, 0.2) is 64.2 Å². The Morgan fingerprint density at radius 2 is 1.78 bits per heavy atom. The molecule has 0 unspecified atom stereocenters. The summed E-state index contributed by atoms with van der Waals surface area (Å²) in [5.74, 6) is -3.77. The number of hydrogen-bond donors (Lipinski definition) is 1. The summed E-state index contributed by atoms with van der Waals surface area (Å²) < 4.78 is 18.0. The van der Waals surface area contributed by atoms with E-state index >= 15 is 0 Å². The molecule has 3 aromatic rings. The first kappa shape index (κ1) is 22.6. The highest BCUT2D eigenvalue weighted by molar-refractivity contribution is 9.11. The molecule has 1 aromatic heterocycles. The van der Waals surface area contributed by atoms with Gasteiger partial charge in [-0.15, -0.1) is 0 Å². The molecule has 0 aliphatic carbocycles. The van der Waals surface area contributed by atoms with Crippen molar-refractivity contribution in [3.63, 3.8) is 0 Å². The van der Waals surface area contributed by atoms with Gasteiger partial charge in [0.1, 0.15) is 12.4 Å². The number of hydrogen-bond acceptors (Lipinski definition) is 5. The van der Waals surface area contributed by atoms with E-state index in [2.05, 4.69) is 43.4 Å². The number of carbonyl (C=O) groups excluding carboxylic acids is 2. The number of cyclic esters (lactones) is 2. The Labute approximate surface area is 202 Å². The summed E-state index contributed by atoms with van der Waals surface area (Å²) in [5.41, 5.74) is 2.41. The first-order valence-corrected chi connectivity index (χ1v) is 11.5. The quantitative estimate of drug-likeness (QED) is 0.232. The lowest BCUT2D eigenvalue weighted by molar-refractivity contribution is -0.240. The minimum absolute atomic E-state index is 0.332. The molecular formula is C24H21Br2NO5. The van der Waals surface area contributed by atoms with Crippen LogP contribution in [0.5, 0.6) is 5.75 Å². The Bertz CT molecular complexity index is 1170. The van der Waals surface area contributed by atoms with Crippen LogP contribution in [0.3, 0.4) is 0 Å². The summed E-state index contributed by atoms with van der Waals surface area (Å²) in [6, 6.07) is 11.4. The third-order valence-corrected chi connectivity index (χ3v) is 6.39. The molecule has 1 N–H and O–H groups in total. The second-order valence-electron chi connectivity index (χ2n) is 7.90.